The maximum Gasteiger partial charge on any atom is 0.413 e. The van der Waals surface area contributed by atoms with Gasteiger partial charge in [0.25, 0.3) is 0 Å². The number of anilines is 1. The molecule has 0 fully saturated rings. The summed E-state index contributed by atoms with van der Waals surface area (Å²) in [6.45, 7) is 6.00. The zero-order chi connectivity index (χ0) is 13.8. The fraction of sp³-hybridized carbons (Fsp3) is 0.636. The Morgan fingerprint density at radius 2 is 2.22 bits per heavy atom. The third kappa shape index (κ3) is 5.44. The number of hydrogen-bond donors (Lipinski definition) is 1. The number of hydroxylamine groups is 2. The van der Waals surface area contributed by atoms with Crippen LogP contribution in [0.5, 0.6) is 0 Å². The Bertz CT molecular complexity index is 400. The molecule has 1 heterocycles. The minimum absolute atomic E-state index is 0.497. The average Bonchev–Trinajstić information content (AvgIpc) is 2.62. The fourth-order valence-electron chi connectivity index (χ4n) is 1.12. The van der Waals surface area contributed by atoms with Crippen molar-refractivity contribution in [3.05, 3.63) is 11.1 Å². The molecule has 1 amide bonds. The first-order valence-electron chi connectivity index (χ1n) is 5.50. The number of hydrogen-bond acceptors (Lipinski definition) is 6. The van der Waals surface area contributed by atoms with Crippen molar-refractivity contribution in [1.29, 1.82) is 0 Å². The van der Waals surface area contributed by atoms with Crippen molar-refractivity contribution in [3.63, 3.8) is 0 Å². The van der Waals surface area contributed by atoms with Crippen molar-refractivity contribution in [1.82, 2.24) is 10.0 Å². The zero-order valence-corrected chi connectivity index (χ0v) is 12.1. The van der Waals surface area contributed by atoms with Crippen LogP contribution in [0.4, 0.5) is 9.93 Å². The van der Waals surface area contributed by atoms with Crippen LogP contribution in [0.15, 0.2) is 5.38 Å². The Labute approximate surface area is 111 Å². The summed E-state index contributed by atoms with van der Waals surface area (Å²) in [7, 11) is 3.40. The number of carbonyl (C=O) groups is 1. The fourth-order valence-corrected chi connectivity index (χ4v) is 1.81. The summed E-state index contributed by atoms with van der Waals surface area (Å²) in [5.74, 6) is 0. The minimum atomic E-state index is -0.513. The first-order chi connectivity index (χ1) is 8.30. The summed E-state index contributed by atoms with van der Waals surface area (Å²) < 4.78 is 5.13. The van der Waals surface area contributed by atoms with Crippen molar-refractivity contribution < 1.29 is 14.4 Å². The molecule has 0 bridgehead atoms. The molecule has 1 aromatic heterocycles. The van der Waals surface area contributed by atoms with Crippen molar-refractivity contribution in [2.75, 3.05) is 19.5 Å². The van der Waals surface area contributed by atoms with Gasteiger partial charge in [-0.1, -0.05) is 0 Å². The molecule has 0 saturated heterocycles. The predicted molar refractivity (Wildman–Crippen MR) is 70.4 cm³/mol. The van der Waals surface area contributed by atoms with Crippen molar-refractivity contribution in [3.8, 4) is 0 Å². The van der Waals surface area contributed by atoms with Crippen LogP contribution in [-0.4, -0.2) is 35.9 Å². The van der Waals surface area contributed by atoms with Gasteiger partial charge in [0.1, 0.15) is 5.60 Å². The highest BCUT2D eigenvalue weighted by Crippen LogP contribution is 2.17. The lowest BCUT2D eigenvalue weighted by molar-refractivity contribution is -0.117. The van der Waals surface area contributed by atoms with Crippen molar-refractivity contribution in [2.24, 2.45) is 0 Å². The Kier molecular flexibility index (Phi) is 5.06. The molecule has 6 nitrogen and oxygen atoms in total. The van der Waals surface area contributed by atoms with Gasteiger partial charge in [-0.2, -0.15) is 5.06 Å². The molecule has 0 unspecified atom stereocenters. The second kappa shape index (κ2) is 6.12. The summed E-state index contributed by atoms with van der Waals surface area (Å²) in [5, 5.41) is 6.62. The normalized spacial score (nSPS) is 11.7. The number of nitrogens with one attached hydrogen (secondary N) is 1. The number of amides is 1. The molecule has 0 spiro atoms. The lowest BCUT2D eigenvalue weighted by atomic mass is 10.2. The van der Waals surface area contributed by atoms with Gasteiger partial charge >= 0.3 is 6.09 Å². The maximum absolute atomic E-state index is 11.5. The highest BCUT2D eigenvalue weighted by atomic mass is 32.1. The maximum atomic E-state index is 11.5. The van der Waals surface area contributed by atoms with Crippen LogP contribution >= 0.6 is 11.3 Å². The summed E-state index contributed by atoms with van der Waals surface area (Å²) in [6.07, 6.45) is -0.497. The highest BCUT2D eigenvalue weighted by Gasteiger charge is 2.17. The van der Waals surface area contributed by atoms with E-state index < -0.39 is 11.7 Å². The van der Waals surface area contributed by atoms with Crippen LogP contribution in [-0.2, 0) is 16.1 Å². The summed E-state index contributed by atoms with van der Waals surface area (Å²) in [4.78, 5) is 20.8. The van der Waals surface area contributed by atoms with Crippen LogP contribution in [0.2, 0.25) is 0 Å². The van der Waals surface area contributed by atoms with E-state index >= 15 is 0 Å². The van der Waals surface area contributed by atoms with Crippen molar-refractivity contribution >= 4 is 22.6 Å². The molecule has 0 aliphatic rings. The highest BCUT2D eigenvalue weighted by molar-refractivity contribution is 7.13. The van der Waals surface area contributed by atoms with Gasteiger partial charge in [0, 0.05) is 12.4 Å². The molecule has 18 heavy (non-hydrogen) atoms. The molecule has 0 saturated carbocycles. The topological polar surface area (TPSA) is 63.7 Å². The summed E-state index contributed by atoms with van der Waals surface area (Å²) in [6, 6.07) is 0. The number of ether oxygens (including phenoxy) is 1. The van der Waals surface area contributed by atoms with Gasteiger partial charge in [0.2, 0.25) is 0 Å². The number of nitrogens with zero attached hydrogens (tertiary/aromatic N) is 2. The third-order valence-electron chi connectivity index (χ3n) is 1.86. The molecule has 1 rings (SSSR count). The molecule has 102 valence electrons. The van der Waals surface area contributed by atoms with Crippen LogP contribution in [0.25, 0.3) is 0 Å². The van der Waals surface area contributed by atoms with E-state index in [4.69, 9.17) is 9.57 Å². The molecule has 0 atom stereocenters. The molecule has 0 aromatic carbocycles. The van der Waals surface area contributed by atoms with E-state index in [0.29, 0.717) is 11.7 Å². The smallest absolute Gasteiger partial charge is 0.413 e. The van der Waals surface area contributed by atoms with Crippen LogP contribution in [0.1, 0.15) is 26.5 Å². The van der Waals surface area contributed by atoms with E-state index in [0.717, 1.165) is 5.69 Å². The lowest BCUT2D eigenvalue weighted by Crippen LogP contribution is -2.27. The average molecular weight is 273 g/mol. The third-order valence-corrected chi connectivity index (χ3v) is 2.66. The molecular weight excluding hydrogens is 254 g/mol. The minimum Gasteiger partial charge on any atom is -0.444 e. The van der Waals surface area contributed by atoms with E-state index in [-0.39, 0.29) is 0 Å². The molecule has 1 aromatic rings. The molecule has 0 radical (unpaired) electrons. The molecule has 0 aliphatic carbocycles. The predicted octanol–water partition coefficient (Wildman–Crippen LogP) is 2.48. The lowest BCUT2D eigenvalue weighted by Gasteiger charge is -2.18. The largest absolute Gasteiger partial charge is 0.444 e. The van der Waals surface area contributed by atoms with E-state index in [2.05, 4.69) is 10.3 Å². The van der Waals surface area contributed by atoms with Crippen LogP contribution in [0.3, 0.4) is 0 Å². The second-order valence-electron chi connectivity index (χ2n) is 4.74. The Morgan fingerprint density at radius 1 is 1.56 bits per heavy atom. The second-order valence-corrected chi connectivity index (χ2v) is 5.60. The standard InChI is InChI=1S/C11H19N3O3S/c1-11(2,3)17-10(15)13-9-12-8(7-18-9)6-14(4)16-5/h7H,6H2,1-5H3,(H,12,13,15). The van der Waals surface area contributed by atoms with Crippen molar-refractivity contribution in [2.45, 2.75) is 32.9 Å². The molecule has 0 aliphatic heterocycles. The molecular formula is C11H19N3O3S. The summed E-state index contributed by atoms with van der Waals surface area (Å²) >= 11 is 1.35. The summed E-state index contributed by atoms with van der Waals surface area (Å²) in [5.41, 5.74) is 0.316. The van der Waals surface area contributed by atoms with Gasteiger partial charge < -0.3 is 9.57 Å². The van der Waals surface area contributed by atoms with Crippen LogP contribution < -0.4 is 5.32 Å². The van der Waals surface area contributed by atoms with E-state index in [1.165, 1.54) is 11.3 Å². The van der Waals surface area contributed by atoms with Gasteiger partial charge in [-0.3, -0.25) is 5.32 Å². The SMILES string of the molecule is CON(C)Cc1csc(NC(=O)OC(C)(C)C)n1. The van der Waals surface area contributed by atoms with E-state index in [1.54, 1.807) is 19.2 Å². The Balaban J connectivity index is 2.51. The Hall–Kier alpha value is -1.18. The van der Waals surface area contributed by atoms with Gasteiger partial charge in [-0.25, -0.2) is 9.78 Å². The van der Waals surface area contributed by atoms with E-state index in [9.17, 15) is 4.79 Å². The first kappa shape index (κ1) is 14.9. The van der Waals surface area contributed by atoms with E-state index in [1.807, 2.05) is 26.2 Å². The number of thiazole rings is 1. The number of rotatable bonds is 4. The van der Waals surface area contributed by atoms with Gasteiger partial charge in [0.15, 0.2) is 5.13 Å². The zero-order valence-electron chi connectivity index (χ0n) is 11.3. The van der Waals surface area contributed by atoms with Gasteiger partial charge in [0.05, 0.1) is 19.3 Å². The Morgan fingerprint density at radius 3 is 2.78 bits per heavy atom. The molecule has 1 N–H and O–H groups in total. The monoisotopic (exact) mass is 273 g/mol. The van der Waals surface area contributed by atoms with Crippen LogP contribution in [0, 0.1) is 0 Å². The quantitative estimate of drug-likeness (QED) is 0.854. The van der Waals surface area contributed by atoms with Gasteiger partial charge in [-0.15, -0.1) is 11.3 Å². The molecule has 7 heteroatoms. The number of carbonyl (C=O) groups excluding carboxylic acids is 1. The first-order valence-corrected chi connectivity index (χ1v) is 6.38. The number of aromatic nitrogens is 1. The van der Waals surface area contributed by atoms with Gasteiger partial charge in [-0.05, 0) is 20.8 Å².